The van der Waals surface area contributed by atoms with E-state index in [1.807, 2.05) is 29.5 Å². The van der Waals surface area contributed by atoms with E-state index < -0.39 is 0 Å². The number of thiophene rings is 1. The fourth-order valence-electron chi connectivity index (χ4n) is 3.97. The van der Waals surface area contributed by atoms with E-state index in [0.29, 0.717) is 19.0 Å². The van der Waals surface area contributed by atoms with E-state index in [4.69, 9.17) is 4.74 Å². The number of nitrogens with one attached hydrogen (secondary N) is 1. The van der Waals surface area contributed by atoms with Crippen molar-refractivity contribution in [3.8, 4) is 5.88 Å². The van der Waals surface area contributed by atoms with E-state index >= 15 is 0 Å². The summed E-state index contributed by atoms with van der Waals surface area (Å²) in [5, 5.41) is 3.06. The van der Waals surface area contributed by atoms with Crippen molar-refractivity contribution >= 4 is 17.2 Å². The lowest BCUT2D eigenvalue weighted by Gasteiger charge is -2.28. The number of carbonyl (C=O) groups excluding carboxylic acids is 1. The first kappa shape index (κ1) is 16.5. The molecule has 2 aromatic heterocycles. The molecular formula is C19H23N3O2S. The maximum Gasteiger partial charge on any atom is 0.228 e. The molecule has 0 saturated carbocycles. The van der Waals surface area contributed by atoms with E-state index in [0.717, 1.165) is 26.1 Å². The van der Waals surface area contributed by atoms with Crippen molar-refractivity contribution in [2.45, 2.75) is 19.9 Å². The molecule has 5 nitrogen and oxygen atoms in total. The zero-order chi connectivity index (χ0) is 17.3. The van der Waals surface area contributed by atoms with Crippen LogP contribution in [0.25, 0.3) is 0 Å². The van der Waals surface area contributed by atoms with Crippen LogP contribution in [0.2, 0.25) is 0 Å². The van der Waals surface area contributed by atoms with Crippen LogP contribution in [0.1, 0.15) is 16.2 Å². The molecule has 0 aromatic carbocycles. The van der Waals surface area contributed by atoms with Crippen molar-refractivity contribution in [3.63, 3.8) is 0 Å². The minimum Gasteiger partial charge on any atom is -0.477 e. The van der Waals surface area contributed by atoms with Crippen LogP contribution in [0.5, 0.6) is 5.88 Å². The second-order valence-electron chi connectivity index (χ2n) is 7.02. The molecule has 1 spiro atoms. The van der Waals surface area contributed by atoms with Crippen LogP contribution in [0, 0.1) is 18.3 Å². The number of aryl methyl sites for hydroxylation is 1. The first-order valence-corrected chi connectivity index (χ1v) is 9.57. The summed E-state index contributed by atoms with van der Waals surface area (Å²) in [7, 11) is 0. The third kappa shape index (κ3) is 3.28. The molecule has 1 amide bonds. The summed E-state index contributed by atoms with van der Waals surface area (Å²) in [4.78, 5) is 21.9. The number of ether oxygens (including phenoxy) is 1. The maximum absolute atomic E-state index is 12.6. The number of pyridine rings is 1. The van der Waals surface area contributed by atoms with Crippen molar-refractivity contribution in [1.29, 1.82) is 0 Å². The van der Waals surface area contributed by atoms with E-state index in [-0.39, 0.29) is 17.2 Å². The van der Waals surface area contributed by atoms with Crippen LogP contribution in [0.4, 0.5) is 0 Å². The van der Waals surface area contributed by atoms with Gasteiger partial charge in [-0.1, -0.05) is 6.07 Å². The van der Waals surface area contributed by atoms with E-state index in [2.05, 4.69) is 34.3 Å². The molecule has 2 aliphatic heterocycles. The second kappa shape index (κ2) is 6.77. The Balaban J connectivity index is 1.42. The minimum atomic E-state index is -0.318. The molecule has 0 aliphatic carbocycles. The van der Waals surface area contributed by atoms with Gasteiger partial charge in [-0.25, -0.2) is 4.98 Å². The first-order valence-electron chi connectivity index (χ1n) is 8.75. The van der Waals surface area contributed by atoms with Crippen molar-refractivity contribution in [3.05, 3.63) is 46.3 Å². The molecule has 0 unspecified atom stereocenters. The van der Waals surface area contributed by atoms with Crippen molar-refractivity contribution in [1.82, 2.24) is 15.2 Å². The molecule has 4 rings (SSSR count). The molecule has 25 heavy (non-hydrogen) atoms. The number of hydrogen-bond donors (Lipinski definition) is 1. The Hall–Kier alpha value is -1.92. The molecule has 2 fully saturated rings. The summed E-state index contributed by atoms with van der Waals surface area (Å²) in [6, 6.07) is 10.0. The van der Waals surface area contributed by atoms with Gasteiger partial charge in [-0.15, -0.1) is 11.3 Å². The average molecular weight is 357 g/mol. The number of nitrogens with zero attached hydrogens (tertiary/aromatic N) is 2. The zero-order valence-electron chi connectivity index (χ0n) is 14.4. The lowest BCUT2D eigenvalue weighted by Crippen LogP contribution is -2.40. The average Bonchev–Trinajstić information content (AvgIpc) is 3.30. The Labute approximate surface area is 152 Å². The van der Waals surface area contributed by atoms with E-state index in [1.165, 1.54) is 9.75 Å². The largest absolute Gasteiger partial charge is 0.477 e. The van der Waals surface area contributed by atoms with Gasteiger partial charge in [-0.05, 0) is 38.1 Å². The third-order valence-electron chi connectivity index (χ3n) is 5.37. The number of aromatic nitrogens is 1. The fraction of sp³-hybridized carbons (Fsp3) is 0.474. The van der Waals surface area contributed by atoms with Crippen LogP contribution in [0.3, 0.4) is 0 Å². The lowest BCUT2D eigenvalue weighted by atomic mass is 9.77. The fourth-order valence-corrected chi connectivity index (χ4v) is 4.90. The van der Waals surface area contributed by atoms with Gasteiger partial charge in [0.25, 0.3) is 0 Å². The Morgan fingerprint density at radius 2 is 2.32 bits per heavy atom. The highest BCUT2D eigenvalue weighted by Crippen LogP contribution is 2.42. The molecule has 2 saturated heterocycles. The molecule has 132 valence electrons. The van der Waals surface area contributed by atoms with Gasteiger partial charge < -0.3 is 10.1 Å². The molecule has 2 aromatic rings. The van der Waals surface area contributed by atoms with Gasteiger partial charge in [-0.3, -0.25) is 9.69 Å². The standard InChI is InChI=1S/C19H23N3O2S/c1-14-5-6-16(25-14)11-22-9-7-19(13-22)15(10-21-18(19)23)12-24-17-4-2-3-8-20-17/h2-6,8,15H,7,9-13H2,1H3,(H,21,23)/t15-,19-/m0/s1. The van der Waals surface area contributed by atoms with Gasteiger partial charge in [0.05, 0.1) is 12.0 Å². The van der Waals surface area contributed by atoms with Crippen LogP contribution in [-0.4, -0.2) is 42.0 Å². The normalized spacial score (nSPS) is 26.3. The molecule has 0 radical (unpaired) electrons. The highest BCUT2D eigenvalue weighted by atomic mass is 32.1. The van der Waals surface area contributed by atoms with Gasteiger partial charge in [0.2, 0.25) is 11.8 Å². The highest BCUT2D eigenvalue weighted by molar-refractivity contribution is 7.11. The van der Waals surface area contributed by atoms with Gasteiger partial charge in [0.1, 0.15) is 0 Å². The summed E-state index contributed by atoms with van der Waals surface area (Å²) < 4.78 is 5.86. The summed E-state index contributed by atoms with van der Waals surface area (Å²) in [6.45, 7) is 6.06. The minimum absolute atomic E-state index is 0.187. The molecule has 0 bridgehead atoms. The van der Waals surface area contributed by atoms with Gasteiger partial charge in [0, 0.05) is 47.6 Å². The number of rotatable bonds is 5. The Morgan fingerprint density at radius 1 is 1.40 bits per heavy atom. The Kier molecular flexibility index (Phi) is 4.48. The number of hydrogen-bond acceptors (Lipinski definition) is 5. The molecule has 6 heteroatoms. The first-order chi connectivity index (χ1) is 12.2. The number of likely N-dealkylation sites (tertiary alicyclic amines) is 1. The molecule has 4 heterocycles. The van der Waals surface area contributed by atoms with E-state index in [9.17, 15) is 4.79 Å². The Morgan fingerprint density at radius 3 is 3.08 bits per heavy atom. The van der Waals surface area contributed by atoms with Crippen LogP contribution < -0.4 is 10.1 Å². The lowest BCUT2D eigenvalue weighted by molar-refractivity contribution is -0.128. The van der Waals surface area contributed by atoms with Crippen LogP contribution in [0.15, 0.2) is 36.5 Å². The number of amides is 1. The second-order valence-corrected chi connectivity index (χ2v) is 8.39. The molecule has 1 N–H and O–H groups in total. The summed E-state index contributed by atoms with van der Waals surface area (Å²) in [5.41, 5.74) is -0.318. The summed E-state index contributed by atoms with van der Waals surface area (Å²) in [5.74, 6) is 1.00. The van der Waals surface area contributed by atoms with Crippen molar-refractivity contribution < 1.29 is 9.53 Å². The van der Waals surface area contributed by atoms with Gasteiger partial charge in [0.15, 0.2) is 0 Å². The predicted molar refractivity (Wildman–Crippen MR) is 97.6 cm³/mol. The van der Waals surface area contributed by atoms with Crippen LogP contribution in [-0.2, 0) is 11.3 Å². The summed E-state index contributed by atoms with van der Waals surface area (Å²) in [6.07, 6.45) is 2.63. The van der Waals surface area contributed by atoms with E-state index in [1.54, 1.807) is 6.20 Å². The smallest absolute Gasteiger partial charge is 0.228 e. The van der Waals surface area contributed by atoms with Crippen molar-refractivity contribution in [2.75, 3.05) is 26.2 Å². The highest BCUT2D eigenvalue weighted by Gasteiger charge is 2.54. The molecule has 2 aliphatic rings. The maximum atomic E-state index is 12.6. The van der Waals surface area contributed by atoms with Crippen molar-refractivity contribution in [2.24, 2.45) is 11.3 Å². The monoisotopic (exact) mass is 357 g/mol. The molecule has 2 atom stereocenters. The zero-order valence-corrected chi connectivity index (χ0v) is 15.2. The van der Waals surface area contributed by atoms with Gasteiger partial charge in [-0.2, -0.15) is 0 Å². The van der Waals surface area contributed by atoms with Gasteiger partial charge >= 0.3 is 0 Å². The molecular weight excluding hydrogens is 334 g/mol. The summed E-state index contributed by atoms with van der Waals surface area (Å²) >= 11 is 1.84. The van der Waals surface area contributed by atoms with Crippen LogP contribution >= 0.6 is 11.3 Å². The Bertz CT molecular complexity index is 748. The third-order valence-corrected chi connectivity index (χ3v) is 6.35. The number of carbonyl (C=O) groups is 1. The quantitative estimate of drug-likeness (QED) is 0.893. The topological polar surface area (TPSA) is 54.5 Å². The SMILES string of the molecule is Cc1ccc(CN2CC[C@@]3(C2)C(=O)NC[C@H]3COc2ccccn2)s1. The predicted octanol–water partition coefficient (Wildman–Crippen LogP) is 2.47.